The van der Waals surface area contributed by atoms with Crippen molar-refractivity contribution in [2.45, 2.75) is 32.9 Å². The number of nitrogens with zero attached hydrogens (tertiary/aromatic N) is 3. The van der Waals surface area contributed by atoms with E-state index in [0.29, 0.717) is 24.6 Å². The largest absolute Gasteiger partial charge is 0.416 e. The van der Waals surface area contributed by atoms with E-state index in [1.165, 1.54) is 11.9 Å². The summed E-state index contributed by atoms with van der Waals surface area (Å²) in [6.45, 7) is 4.24. The molecule has 1 N–H and O–H groups in total. The molecule has 0 spiro atoms. The highest BCUT2D eigenvalue weighted by Gasteiger charge is 2.35. The van der Waals surface area contributed by atoms with Crippen molar-refractivity contribution in [2.75, 3.05) is 36.9 Å². The zero-order chi connectivity index (χ0) is 25.9. The molecule has 1 fully saturated rings. The summed E-state index contributed by atoms with van der Waals surface area (Å²) >= 11 is 0. The molecule has 1 heterocycles. The highest BCUT2D eigenvalue weighted by molar-refractivity contribution is 5.95. The molecule has 11 heteroatoms. The van der Waals surface area contributed by atoms with E-state index in [4.69, 9.17) is 0 Å². The van der Waals surface area contributed by atoms with Gasteiger partial charge < -0.3 is 15.1 Å². The van der Waals surface area contributed by atoms with Crippen LogP contribution in [0.25, 0.3) is 0 Å². The van der Waals surface area contributed by atoms with Crippen LogP contribution in [0.15, 0.2) is 36.4 Å². The van der Waals surface area contributed by atoms with Crippen molar-refractivity contribution in [2.24, 2.45) is 5.92 Å². The summed E-state index contributed by atoms with van der Waals surface area (Å²) in [6.07, 6.45) is -3.96. The van der Waals surface area contributed by atoms with E-state index in [1.807, 2.05) is 26.0 Å². The van der Waals surface area contributed by atoms with Gasteiger partial charge in [0.25, 0.3) is 5.69 Å². The van der Waals surface area contributed by atoms with Crippen LogP contribution in [0.3, 0.4) is 0 Å². The second-order valence-electron chi connectivity index (χ2n) is 8.71. The fourth-order valence-electron chi connectivity index (χ4n) is 4.16. The number of likely N-dealkylation sites (N-methyl/N-ethyl adjacent to an activating group) is 1. The quantitative estimate of drug-likeness (QED) is 0.472. The van der Waals surface area contributed by atoms with Gasteiger partial charge in [-0.2, -0.15) is 13.2 Å². The third-order valence-corrected chi connectivity index (χ3v) is 6.32. The van der Waals surface area contributed by atoms with Gasteiger partial charge in [-0.25, -0.2) is 0 Å². The third kappa shape index (κ3) is 6.09. The van der Waals surface area contributed by atoms with Crippen molar-refractivity contribution in [1.82, 2.24) is 4.90 Å². The average molecular weight is 492 g/mol. The van der Waals surface area contributed by atoms with Crippen molar-refractivity contribution < 1.29 is 27.7 Å². The number of carbonyl (C=O) groups excluding carboxylic acids is 2. The van der Waals surface area contributed by atoms with Gasteiger partial charge in [-0.1, -0.05) is 12.1 Å². The van der Waals surface area contributed by atoms with E-state index in [0.717, 1.165) is 23.3 Å². The number of amides is 2. The first-order chi connectivity index (χ1) is 16.4. The molecule has 0 radical (unpaired) electrons. The minimum Gasteiger partial charge on any atom is -0.366 e. The molecular formula is C24H27F3N4O4. The number of aryl methyl sites for hydroxylation is 1. The molecule has 0 saturated carbocycles. The second-order valence-corrected chi connectivity index (χ2v) is 8.71. The maximum absolute atomic E-state index is 13.0. The van der Waals surface area contributed by atoms with Crippen LogP contribution in [0.1, 0.15) is 29.5 Å². The molecule has 1 aliphatic heterocycles. The van der Waals surface area contributed by atoms with Crippen LogP contribution in [0, 0.1) is 29.9 Å². The maximum Gasteiger partial charge on any atom is 0.416 e. The summed E-state index contributed by atoms with van der Waals surface area (Å²) in [5, 5.41) is 14.2. The zero-order valence-corrected chi connectivity index (χ0v) is 19.7. The Labute approximate surface area is 200 Å². The van der Waals surface area contributed by atoms with Crippen LogP contribution < -0.4 is 10.2 Å². The molecule has 0 aromatic heterocycles. The van der Waals surface area contributed by atoms with Gasteiger partial charge in [0.05, 0.1) is 17.0 Å². The summed E-state index contributed by atoms with van der Waals surface area (Å²) in [7, 11) is 1.54. The molecule has 0 unspecified atom stereocenters. The Morgan fingerprint density at radius 2 is 1.83 bits per heavy atom. The number of nitrogens with one attached hydrogen (secondary N) is 1. The number of hydrogen-bond donors (Lipinski definition) is 1. The second kappa shape index (κ2) is 10.3. The Morgan fingerprint density at radius 3 is 2.43 bits per heavy atom. The van der Waals surface area contributed by atoms with Crippen LogP contribution in [0.5, 0.6) is 0 Å². The number of nitro groups is 1. The van der Waals surface area contributed by atoms with E-state index >= 15 is 0 Å². The Kier molecular flexibility index (Phi) is 7.67. The van der Waals surface area contributed by atoms with Crippen LogP contribution in [-0.4, -0.2) is 48.3 Å². The maximum atomic E-state index is 13.0. The third-order valence-electron chi connectivity index (χ3n) is 6.32. The first kappa shape index (κ1) is 26.0. The van der Waals surface area contributed by atoms with Crippen molar-refractivity contribution in [3.05, 3.63) is 63.2 Å². The minimum atomic E-state index is -4.68. The van der Waals surface area contributed by atoms with Gasteiger partial charge in [0.2, 0.25) is 11.8 Å². The number of carbonyl (C=O) groups is 2. The number of rotatable bonds is 6. The van der Waals surface area contributed by atoms with Crippen LogP contribution in [-0.2, 0) is 15.8 Å². The van der Waals surface area contributed by atoms with Crippen molar-refractivity contribution in [3.8, 4) is 0 Å². The first-order valence-corrected chi connectivity index (χ1v) is 11.1. The Morgan fingerprint density at radius 1 is 1.17 bits per heavy atom. The molecule has 2 aromatic rings. The molecule has 0 bridgehead atoms. The predicted octanol–water partition coefficient (Wildman–Crippen LogP) is 4.54. The van der Waals surface area contributed by atoms with Gasteiger partial charge in [-0.3, -0.25) is 19.7 Å². The number of benzene rings is 2. The summed E-state index contributed by atoms with van der Waals surface area (Å²) in [4.78, 5) is 38.9. The molecule has 188 valence electrons. The summed E-state index contributed by atoms with van der Waals surface area (Å²) in [5.74, 6) is -0.937. The molecule has 8 nitrogen and oxygen atoms in total. The lowest BCUT2D eigenvalue weighted by molar-refractivity contribution is -0.384. The fourth-order valence-corrected chi connectivity index (χ4v) is 4.16. The summed E-state index contributed by atoms with van der Waals surface area (Å²) in [5.41, 5.74) is 1.05. The molecule has 1 aliphatic rings. The smallest absolute Gasteiger partial charge is 0.366 e. The van der Waals surface area contributed by atoms with Gasteiger partial charge in [-0.15, -0.1) is 0 Å². The Hall–Kier alpha value is -3.63. The number of anilines is 2. The molecule has 35 heavy (non-hydrogen) atoms. The molecular weight excluding hydrogens is 465 g/mol. The Bertz CT molecular complexity index is 1130. The number of hydrogen-bond acceptors (Lipinski definition) is 5. The lowest BCUT2D eigenvalue weighted by atomic mass is 9.94. The standard InChI is InChI=1S/C24H27F3N4O4/c1-15-5-4-6-19(16(15)2)28-22(32)14-29(3)23(33)17-9-11-30(12-10-17)20-8-7-18(24(25,26)27)13-21(20)31(34)35/h4-8,13,17H,9-12,14H2,1-3H3,(H,28,32). The SMILES string of the molecule is Cc1cccc(NC(=O)CN(C)C(=O)C2CCN(c3ccc(C(F)(F)F)cc3[N+](=O)[O-])CC2)c1C. The van der Waals surface area contributed by atoms with E-state index in [1.54, 1.807) is 11.0 Å². The monoisotopic (exact) mass is 492 g/mol. The normalized spacial score (nSPS) is 14.5. The highest BCUT2D eigenvalue weighted by Crippen LogP contribution is 2.37. The van der Waals surface area contributed by atoms with Gasteiger partial charge in [0, 0.05) is 37.8 Å². The Balaban J connectivity index is 1.60. The lowest BCUT2D eigenvalue weighted by Crippen LogP contribution is -2.43. The molecule has 2 amide bonds. The average Bonchev–Trinajstić information content (AvgIpc) is 2.80. The summed E-state index contributed by atoms with van der Waals surface area (Å²) < 4.78 is 38.9. The molecule has 0 aliphatic carbocycles. The van der Waals surface area contributed by atoms with E-state index in [9.17, 15) is 32.9 Å². The van der Waals surface area contributed by atoms with E-state index in [-0.39, 0.29) is 37.1 Å². The van der Waals surface area contributed by atoms with Gasteiger partial charge in [0.1, 0.15) is 5.69 Å². The van der Waals surface area contributed by atoms with Crippen LogP contribution in [0.4, 0.5) is 30.2 Å². The van der Waals surface area contributed by atoms with Crippen molar-refractivity contribution in [1.29, 1.82) is 0 Å². The zero-order valence-electron chi connectivity index (χ0n) is 19.7. The highest BCUT2D eigenvalue weighted by atomic mass is 19.4. The lowest BCUT2D eigenvalue weighted by Gasteiger charge is -2.34. The number of halogens is 3. The number of nitro benzene ring substituents is 1. The van der Waals surface area contributed by atoms with E-state index < -0.39 is 28.3 Å². The van der Waals surface area contributed by atoms with Gasteiger partial charge >= 0.3 is 6.18 Å². The molecule has 1 saturated heterocycles. The molecule has 3 rings (SSSR count). The first-order valence-electron chi connectivity index (χ1n) is 11.1. The van der Waals surface area contributed by atoms with Crippen molar-refractivity contribution >= 4 is 28.9 Å². The van der Waals surface area contributed by atoms with Crippen molar-refractivity contribution in [3.63, 3.8) is 0 Å². The number of alkyl halides is 3. The predicted molar refractivity (Wildman–Crippen MR) is 125 cm³/mol. The minimum absolute atomic E-state index is 0.0927. The molecule has 0 atom stereocenters. The van der Waals surface area contributed by atoms with E-state index in [2.05, 4.69) is 5.32 Å². The number of piperidine rings is 1. The molecule has 2 aromatic carbocycles. The van der Waals surface area contributed by atoms with Gasteiger partial charge in [0.15, 0.2) is 0 Å². The fraction of sp³-hybridized carbons (Fsp3) is 0.417. The van der Waals surface area contributed by atoms with Crippen LogP contribution >= 0.6 is 0 Å². The van der Waals surface area contributed by atoms with Crippen LogP contribution in [0.2, 0.25) is 0 Å². The van der Waals surface area contributed by atoms with Gasteiger partial charge in [-0.05, 0) is 56.0 Å². The topological polar surface area (TPSA) is 95.8 Å². The summed E-state index contributed by atoms with van der Waals surface area (Å²) in [6, 6.07) is 8.02.